The van der Waals surface area contributed by atoms with E-state index in [1.807, 2.05) is 0 Å². The van der Waals surface area contributed by atoms with E-state index in [0.717, 1.165) is 0 Å². The molecule has 0 radical (unpaired) electrons. The van der Waals surface area contributed by atoms with Gasteiger partial charge in [-0.25, -0.2) is 4.79 Å². The Labute approximate surface area is 141 Å². The van der Waals surface area contributed by atoms with E-state index in [0.29, 0.717) is 17.1 Å². The molecule has 1 N–H and O–H groups in total. The summed E-state index contributed by atoms with van der Waals surface area (Å²) in [4.78, 5) is 35.4. The Morgan fingerprint density at radius 2 is 2.00 bits per heavy atom. The van der Waals surface area contributed by atoms with Crippen LogP contribution < -0.4 is 14.8 Å². The lowest BCUT2D eigenvalue weighted by Crippen LogP contribution is -2.21. The van der Waals surface area contributed by atoms with E-state index in [1.165, 1.54) is 30.4 Å². The van der Waals surface area contributed by atoms with Crippen LogP contribution in [0.15, 0.2) is 29.0 Å². The fourth-order valence-corrected chi connectivity index (χ4v) is 2.74. The molecule has 1 aromatic carbocycles. The number of fused-ring (bicyclic) bond motifs is 1. The van der Waals surface area contributed by atoms with Crippen LogP contribution in [0.4, 0.5) is 5.69 Å². The van der Waals surface area contributed by atoms with Crippen molar-refractivity contribution in [1.82, 2.24) is 0 Å². The molecular formula is C16H13NO6S. The number of benzene rings is 1. The second-order valence-corrected chi connectivity index (χ2v) is 5.72. The van der Waals surface area contributed by atoms with Gasteiger partial charge < -0.3 is 19.5 Å². The first-order valence-electron chi connectivity index (χ1n) is 6.98. The number of Topliss-reactive ketones (excluding diaryl/α,β-unsaturated/α-hetero) is 1. The maximum atomic E-state index is 12.0. The van der Waals surface area contributed by atoms with Crippen LogP contribution >= 0.6 is 11.3 Å². The molecule has 124 valence electrons. The Morgan fingerprint density at radius 3 is 2.67 bits per heavy atom. The van der Waals surface area contributed by atoms with Crippen LogP contribution in [0.5, 0.6) is 11.5 Å². The number of amides is 1. The molecule has 0 saturated heterocycles. The molecule has 0 saturated carbocycles. The van der Waals surface area contributed by atoms with Gasteiger partial charge in [-0.05, 0) is 24.4 Å². The molecule has 0 fully saturated rings. The van der Waals surface area contributed by atoms with E-state index in [2.05, 4.69) is 5.32 Å². The van der Waals surface area contributed by atoms with E-state index in [9.17, 15) is 14.4 Å². The lowest BCUT2D eigenvalue weighted by atomic mass is 10.1. The highest BCUT2D eigenvalue weighted by Crippen LogP contribution is 2.37. The van der Waals surface area contributed by atoms with Crippen molar-refractivity contribution in [3.05, 3.63) is 40.1 Å². The molecule has 24 heavy (non-hydrogen) atoms. The topological polar surface area (TPSA) is 90.9 Å². The summed E-state index contributed by atoms with van der Waals surface area (Å²) >= 11 is 1.36. The maximum Gasteiger partial charge on any atom is 0.339 e. The standard InChI is InChI=1S/C16H13NO6S/c1-9(18)11-4-13-14(23-8-22-13)5-12(11)17-15(19)6-21-16(20)10-2-3-24-7-10/h2-5,7H,6,8H2,1H3,(H,17,19). The molecule has 1 aliphatic heterocycles. The molecule has 0 aliphatic carbocycles. The number of ketones is 1. The van der Waals surface area contributed by atoms with Crippen molar-refractivity contribution < 1.29 is 28.6 Å². The Hall–Kier alpha value is -2.87. The number of hydrogen-bond acceptors (Lipinski definition) is 7. The van der Waals surface area contributed by atoms with Gasteiger partial charge in [0.1, 0.15) is 0 Å². The number of esters is 1. The van der Waals surface area contributed by atoms with Gasteiger partial charge in [0.25, 0.3) is 5.91 Å². The van der Waals surface area contributed by atoms with Crippen LogP contribution in [0.1, 0.15) is 27.6 Å². The molecule has 2 heterocycles. The van der Waals surface area contributed by atoms with Gasteiger partial charge in [-0.1, -0.05) is 0 Å². The van der Waals surface area contributed by atoms with Crippen molar-refractivity contribution in [2.45, 2.75) is 6.92 Å². The molecule has 1 aromatic heterocycles. The highest BCUT2D eigenvalue weighted by atomic mass is 32.1. The summed E-state index contributed by atoms with van der Waals surface area (Å²) in [5.74, 6) is -0.490. The first-order valence-corrected chi connectivity index (χ1v) is 7.92. The predicted octanol–water partition coefficient (Wildman–Crippen LogP) is 2.47. The van der Waals surface area contributed by atoms with Gasteiger partial charge in [-0.3, -0.25) is 9.59 Å². The summed E-state index contributed by atoms with van der Waals surface area (Å²) in [6.45, 7) is 0.979. The van der Waals surface area contributed by atoms with Gasteiger partial charge in [0.2, 0.25) is 6.79 Å². The Kier molecular flexibility index (Phi) is 4.48. The molecule has 0 spiro atoms. The zero-order chi connectivity index (χ0) is 17.1. The van der Waals surface area contributed by atoms with E-state index < -0.39 is 18.5 Å². The Morgan fingerprint density at radius 1 is 1.25 bits per heavy atom. The van der Waals surface area contributed by atoms with Gasteiger partial charge in [0.15, 0.2) is 23.9 Å². The molecule has 1 amide bonds. The van der Waals surface area contributed by atoms with Crippen LogP contribution in [-0.2, 0) is 9.53 Å². The highest BCUT2D eigenvalue weighted by molar-refractivity contribution is 7.08. The number of anilines is 1. The van der Waals surface area contributed by atoms with Crippen LogP contribution in [0.25, 0.3) is 0 Å². The van der Waals surface area contributed by atoms with Crippen LogP contribution in [-0.4, -0.2) is 31.1 Å². The van der Waals surface area contributed by atoms with Crippen molar-refractivity contribution in [2.24, 2.45) is 0 Å². The van der Waals surface area contributed by atoms with E-state index in [-0.39, 0.29) is 23.8 Å². The fraction of sp³-hybridized carbons (Fsp3) is 0.188. The zero-order valence-corrected chi connectivity index (χ0v) is 13.5. The number of carbonyl (C=O) groups excluding carboxylic acids is 3. The average Bonchev–Trinajstić information content (AvgIpc) is 3.22. The molecule has 3 rings (SSSR count). The summed E-state index contributed by atoms with van der Waals surface area (Å²) in [6, 6.07) is 4.63. The van der Waals surface area contributed by atoms with Gasteiger partial charge in [0.05, 0.1) is 11.3 Å². The Bertz CT molecular complexity index is 799. The summed E-state index contributed by atoms with van der Waals surface area (Å²) in [6.07, 6.45) is 0. The third-order valence-corrected chi connectivity index (χ3v) is 3.94. The van der Waals surface area contributed by atoms with Crippen molar-refractivity contribution in [2.75, 3.05) is 18.7 Å². The fourth-order valence-electron chi connectivity index (χ4n) is 2.12. The molecule has 8 heteroatoms. The maximum absolute atomic E-state index is 12.0. The molecule has 0 unspecified atom stereocenters. The lowest BCUT2D eigenvalue weighted by molar-refractivity contribution is -0.119. The van der Waals surface area contributed by atoms with E-state index in [4.69, 9.17) is 14.2 Å². The first-order chi connectivity index (χ1) is 11.5. The third-order valence-electron chi connectivity index (χ3n) is 3.26. The monoisotopic (exact) mass is 347 g/mol. The third kappa shape index (κ3) is 3.38. The van der Waals surface area contributed by atoms with Crippen molar-refractivity contribution in [1.29, 1.82) is 0 Å². The number of ether oxygens (including phenoxy) is 3. The molecule has 2 aromatic rings. The lowest BCUT2D eigenvalue weighted by Gasteiger charge is -2.10. The summed E-state index contributed by atoms with van der Waals surface area (Å²) < 4.78 is 15.4. The predicted molar refractivity (Wildman–Crippen MR) is 85.8 cm³/mol. The van der Waals surface area contributed by atoms with Gasteiger partial charge in [0, 0.05) is 17.0 Å². The van der Waals surface area contributed by atoms with Gasteiger partial charge >= 0.3 is 5.97 Å². The van der Waals surface area contributed by atoms with Crippen molar-refractivity contribution in [3.8, 4) is 11.5 Å². The molecule has 0 bridgehead atoms. The highest BCUT2D eigenvalue weighted by Gasteiger charge is 2.20. The van der Waals surface area contributed by atoms with Gasteiger partial charge in [-0.15, -0.1) is 0 Å². The molecule has 1 aliphatic rings. The first kappa shape index (κ1) is 16.0. The number of thiophene rings is 1. The van der Waals surface area contributed by atoms with Crippen LogP contribution in [0.3, 0.4) is 0 Å². The van der Waals surface area contributed by atoms with Crippen LogP contribution in [0, 0.1) is 0 Å². The smallest absolute Gasteiger partial charge is 0.339 e. The minimum atomic E-state index is -0.580. The zero-order valence-electron chi connectivity index (χ0n) is 12.7. The van der Waals surface area contributed by atoms with Crippen molar-refractivity contribution in [3.63, 3.8) is 0 Å². The molecule has 0 atom stereocenters. The minimum absolute atomic E-state index is 0.0579. The normalized spacial score (nSPS) is 11.9. The molecular weight excluding hydrogens is 334 g/mol. The summed E-state index contributed by atoms with van der Waals surface area (Å²) in [5.41, 5.74) is 0.959. The molecule has 7 nitrogen and oxygen atoms in total. The number of hydrogen-bond donors (Lipinski definition) is 1. The second kappa shape index (κ2) is 6.71. The van der Waals surface area contributed by atoms with Crippen molar-refractivity contribution >= 4 is 34.7 Å². The number of rotatable bonds is 5. The quantitative estimate of drug-likeness (QED) is 0.660. The van der Waals surface area contributed by atoms with E-state index >= 15 is 0 Å². The van der Waals surface area contributed by atoms with Gasteiger partial charge in [-0.2, -0.15) is 11.3 Å². The minimum Gasteiger partial charge on any atom is -0.454 e. The Balaban J connectivity index is 1.68. The number of nitrogens with one attached hydrogen (secondary N) is 1. The number of carbonyl (C=O) groups is 3. The summed E-state index contributed by atoms with van der Waals surface area (Å²) in [7, 11) is 0. The van der Waals surface area contributed by atoms with Crippen LogP contribution in [0.2, 0.25) is 0 Å². The largest absolute Gasteiger partial charge is 0.454 e. The second-order valence-electron chi connectivity index (χ2n) is 4.94. The summed E-state index contributed by atoms with van der Waals surface area (Å²) in [5, 5.41) is 5.92. The SMILES string of the molecule is CC(=O)c1cc2c(cc1NC(=O)COC(=O)c1ccsc1)OCO2. The van der Waals surface area contributed by atoms with E-state index in [1.54, 1.807) is 16.8 Å². The average molecular weight is 347 g/mol.